The van der Waals surface area contributed by atoms with Crippen molar-refractivity contribution in [1.82, 2.24) is 14.9 Å². The summed E-state index contributed by atoms with van der Waals surface area (Å²) < 4.78 is 38.0. The van der Waals surface area contributed by atoms with E-state index in [0.717, 1.165) is 32.4 Å². The third-order valence-electron chi connectivity index (χ3n) is 4.53. The van der Waals surface area contributed by atoms with Gasteiger partial charge < -0.3 is 5.32 Å². The van der Waals surface area contributed by atoms with Gasteiger partial charge in [-0.2, -0.15) is 0 Å². The van der Waals surface area contributed by atoms with E-state index in [0.29, 0.717) is 11.1 Å². The van der Waals surface area contributed by atoms with Crippen LogP contribution in [0.4, 0.5) is 9.18 Å². The fraction of sp³-hybridized carbons (Fsp3) is 0.136. The molecule has 0 aromatic heterocycles. The lowest BCUT2D eigenvalue weighted by Crippen LogP contribution is -2.41. The van der Waals surface area contributed by atoms with Gasteiger partial charge in [0.15, 0.2) is 9.92 Å². The quantitative estimate of drug-likeness (QED) is 0.191. The van der Waals surface area contributed by atoms with E-state index in [1.165, 1.54) is 13.0 Å². The SMILES string of the molecule is C=C/C(=C\C(F)=C(/C)N1C(=O)Cc2ccc(I)cc2C1=O)NC(=O)NS(=N)(=O)C(=C)S/C(Cl)=C\C. The van der Waals surface area contributed by atoms with Gasteiger partial charge in [-0.25, -0.2) is 27.8 Å². The van der Waals surface area contributed by atoms with Crippen molar-refractivity contribution in [3.63, 3.8) is 0 Å². The van der Waals surface area contributed by atoms with Crippen molar-refractivity contribution in [3.05, 3.63) is 90.1 Å². The average Bonchev–Trinajstić information content (AvgIpc) is 2.78. The van der Waals surface area contributed by atoms with Gasteiger partial charge in [0.1, 0.15) is 5.83 Å². The Kier molecular flexibility index (Phi) is 9.89. The Morgan fingerprint density at radius 1 is 1.40 bits per heavy atom. The van der Waals surface area contributed by atoms with Crippen LogP contribution in [0.3, 0.4) is 0 Å². The van der Waals surface area contributed by atoms with Crippen LogP contribution in [0.2, 0.25) is 0 Å². The van der Waals surface area contributed by atoms with Gasteiger partial charge in [-0.15, -0.1) is 0 Å². The molecule has 4 amide bonds. The number of imide groups is 1. The molecule has 1 heterocycles. The maximum absolute atomic E-state index is 15.0. The number of hydrogen-bond acceptors (Lipinski definition) is 6. The molecular weight excluding hydrogens is 630 g/mol. The first kappa shape index (κ1) is 28.8. The van der Waals surface area contributed by atoms with Crippen LogP contribution in [0.1, 0.15) is 29.8 Å². The second-order valence-electron chi connectivity index (χ2n) is 6.93. The zero-order chi connectivity index (χ0) is 26.5. The van der Waals surface area contributed by atoms with Gasteiger partial charge in [0.25, 0.3) is 5.91 Å². The summed E-state index contributed by atoms with van der Waals surface area (Å²) in [6.07, 6.45) is 3.37. The molecule has 8 nitrogen and oxygen atoms in total. The number of hydrogen-bond donors (Lipinski definition) is 3. The van der Waals surface area contributed by atoms with Crippen molar-refractivity contribution in [1.29, 1.82) is 4.78 Å². The average molecular weight is 651 g/mol. The number of carbonyl (C=O) groups is 3. The molecule has 2 rings (SSSR count). The second-order valence-corrected chi connectivity index (χ2v) is 12.0. The Bertz CT molecular complexity index is 1320. The van der Waals surface area contributed by atoms with Gasteiger partial charge in [-0.05, 0) is 66.3 Å². The molecule has 0 saturated carbocycles. The number of urea groups is 1. The summed E-state index contributed by atoms with van der Waals surface area (Å²) in [5.74, 6) is -2.24. The minimum atomic E-state index is -3.81. The van der Waals surface area contributed by atoms with Crippen LogP contribution >= 0.6 is 46.0 Å². The van der Waals surface area contributed by atoms with Crippen molar-refractivity contribution in [2.24, 2.45) is 0 Å². The normalized spacial score (nSPS) is 16.7. The van der Waals surface area contributed by atoms with E-state index in [2.05, 4.69) is 18.5 Å². The molecule has 0 saturated heterocycles. The van der Waals surface area contributed by atoms with Crippen LogP contribution in [-0.4, -0.2) is 27.0 Å². The van der Waals surface area contributed by atoms with Crippen LogP contribution in [0.5, 0.6) is 0 Å². The molecule has 1 aromatic carbocycles. The molecule has 35 heavy (non-hydrogen) atoms. The van der Waals surface area contributed by atoms with Gasteiger partial charge in [0.2, 0.25) is 5.91 Å². The number of nitrogens with one attached hydrogen (secondary N) is 3. The summed E-state index contributed by atoms with van der Waals surface area (Å²) in [6, 6.07) is 3.98. The first-order chi connectivity index (χ1) is 16.3. The number of nitrogens with zero attached hydrogens (tertiary/aromatic N) is 1. The van der Waals surface area contributed by atoms with E-state index in [1.807, 2.05) is 27.3 Å². The van der Waals surface area contributed by atoms with Gasteiger partial charge in [-0.3, -0.25) is 9.59 Å². The second kappa shape index (κ2) is 12.0. The Morgan fingerprint density at radius 2 is 2.06 bits per heavy atom. The third-order valence-corrected chi connectivity index (χ3v) is 8.38. The van der Waals surface area contributed by atoms with E-state index in [1.54, 1.807) is 25.1 Å². The van der Waals surface area contributed by atoms with Crippen LogP contribution in [0.15, 0.2) is 75.4 Å². The summed E-state index contributed by atoms with van der Waals surface area (Å²) in [5.41, 5.74) is 0.405. The van der Waals surface area contributed by atoms with Crippen molar-refractivity contribution in [2.75, 3.05) is 0 Å². The highest BCUT2D eigenvalue weighted by Crippen LogP contribution is 2.30. The lowest BCUT2D eigenvalue weighted by Gasteiger charge is -2.27. The molecule has 13 heteroatoms. The predicted octanol–water partition coefficient (Wildman–Crippen LogP) is 5.65. The Balaban J connectivity index is 2.24. The first-order valence-corrected chi connectivity index (χ1v) is 13.6. The van der Waals surface area contributed by atoms with E-state index >= 15 is 4.39 Å². The lowest BCUT2D eigenvalue weighted by molar-refractivity contribution is -0.126. The third kappa shape index (κ3) is 7.29. The standard InChI is InChI=1S/C22H21ClFIN4O4S2/c1-5-16(27-22(32)28-35(26,33)13(4)34-19(23)6-2)11-18(24)12(3)29-20(30)9-14-7-8-15(25)10-17(14)21(29)31/h5-8,10-11H,1,4,9H2,2-3H3,(H3,26,27,28,32,33)/b16-11+,18-12-,19-6-. The number of benzene rings is 1. The number of amides is 4. The molecule has 0 radical (unpaired) electrons. The minimum absolute atomic E-state index is 0.0711. The summed E-state index contributed by atoms with van der Waals surface area (Å²) >= 11 is 8.61. The maximum atomic E-state index is 15.0. The number of allylic oxidation sites excluding steroid dienone is 5. The Hall–Kier alpha value is -2.42. The molecule has 0 bridgehead atoms. The zero-order valence-electron chi connectivity index (χ0n) is 18.6. The van der Waals surface area contributed by atoms with Crippen LogP contribution in [0.25, 0.3) is 0 Å². The van der Waals surface area contributed by atoms with Crippen molar-refractivity contribution in [2.45, 2.75) is 20.3 Å². The smallest absolute Gasteiger partial charge is 0.307 e. The lowest BCUT2D eigenvalue weighted by atomic mass is 9.98. The molecule has 0 fully saturated rings. The number of fused-ring (bicyclic) bond motifs is 1. The number of halogens is 3. The molecule has 1 unspecified atom stereocenters. The molecule has 186 valence electrons. The van der Waals surface area contributed by atoms with E-state index in [9.17, 15) is 18.6 Å². The molecule has 0 aliphatic carbocycles. The number of thioether (sulfide) groups is 1. The van der Waals surface area contributed by atoms with Gasteiger partial charge in [0, 0.05) is 14.8 Å². The maximum Gasteiger partial charge on any atom is 0.331 e. The molecular formula is C22H21ClFIN4O4S2. The number of rotatable bonds is 8. The van der Waals surface area contributed by atoms with E-state index in [4.69, 9.17) is 16.4 Å². The van der Waals surface area contributed by atoms with Crippen LogP contribution in [-0.2, 0) is 21.1 Å². The molecule has 1 aliphatic heterocycles. The van der Waals surface area contributed by atoms with Crippen LogP contribution in [0, 0.1) is 8.35 Å². The highest BCUT2D eigenvalue weighted by molar-refractivity contribution is 14.1. The highest BCUT2D eigenvalue weighted by Gasteiger charge is 2.33. The summed E-state index contributed by atoms with van der Waals surface area (Å²) in [4.78, 5) is 38.4. The molecule has 3 N–H and O–H groups in total. The highest BCUT2D eigenvalue weighted by atomic mass is 127. The van der Waals surface area contributed by atoms with Gasteiger partial charge >= 0.3 is 6.03 Å². The van der Waals surface area contributed by atoms with Crippen molar-refractivity contribution >= 4 is 73.7 Å². The first-order valence-electron chi connectivity index (χ1n) is 9.73. The van der Waals surface area contributed by atoms with Crippen molar-refractivity contribution < 1.29 is 23.0 Å². The summed E-state index contributed by atoms with van der Waals surface area (Å²) in [7, 11) is -3.81. The predicted molar refractivity (Wildman–Crippen MR) is 145 cm³/mol. The Morgan fingerprint density at radius 3 is 2.66 bits per heavy atom. The van der Waals surface area contributed by atoms with Crippen LogP contribution < -0.4 is 10.0 Å². The fourth-order valence-electron chi connectivity index (χ4n) is 2.78. The summed E-state index contributed by atoms with van der Waals surface area (Å²) in [5, 5.41) is 2.21. The van der Waals surface area contributed by atoms with Gasteiger partial charge in [-0.1, -0.05) is 48.7 Å². The van der Waals surface area contributed by atoms with Crippen molar-refractivity contribution in [3.8, 4) is 0 Å². The van der Waals surface area contributed by atoms with Gasteiger partial charge in [0.05, 0.1) is 20.7 Å². The summed E-state index contributed by atoms with van der Waals surface area (Å²) in [6.45, 7) is 9.85. The minimum Gasteiger partial charge on any atom is -0.307 e. The largest absolute Gasteiger partial charge is 0.331 e. The molecule has 0 spiro atoms. The van der Waals surface area contributed by atoms with E-state index in [-0.39, 0.29) is 26.4 Å². The Labute approximate surface area is 225 Å². The molecule has 1 aliphatic rings. The zero-order valence-corrected chi connectivity index (χ0v) is 23.2. The molecule has 1 aromatic rings. The fourth-order valence-corrected chi connectivity index (χ4v) is 5.31. The monoisotopic (exact) mass is 650 g/mol. The topological polar surface area (TPSA) is 119 Å². The van der Waals surface area contributed by atoms with E-state index < -0.39 is 33.6 Å². The molecule has 1 atom stereocenters. The number of carbonyl (C=O) groups excluding carboxylic acids is 3.